The highest BCUT2D eigenvalue weighted by Gasteiger charge is 2.24. The van der Waals surface area contributed by atoms with Crippen molar-refractivity contribution in [3.8, 4) is 11.4 Å². The molecule has 2 heterocycles. The lowest BCUT2D eigenvalue weighted by molar-refractivity contribution is -0.129. The number of amides is 1. The van der Waals surface area contributed by atoms with Crippen LogP contribution in [-0.4, -0.2) is 37.9 Å². The van der Waals surface area contributed by atoms with Crippen LogP contribution >= 0.6 is 11.8 Å². The highest BCUT2D eigenvalue weighted by molar-refractivity contribution is 7.99. The maximum absolute atomic E-state index is 13.1. The molecule has 3 aromatic carbocycles. The van der Waals surface area contributed by atoms with Crippen LogP contribution in [-0.2, 0) is 17.8 Å². The number of rotatable bonds is 8. The zero-order chi connectivity index (χ0) is 25.8. The molecule has 37 heavy (non-hydrogen) atoms. The third kappa shape index (κ3) is 5.72. The van der Waals surface area contributed by atoms with Crippen molar-refractivity contribution < 1.29 is 9.53 Å². The van der Waals surface area contributed by atoms with Crippen molar-refractivity contribution in [2.24, 2.45) is 0 Å². The molecule has 4 aromatic rings. The van der Waals surface area contributed by atoms with Gasteiger partial charge in [0.25, 0.3) is 0 Å². The number of carbonyl (C=O) groups is 1. The summed E-state index contributed by atoms with van der Waals surface area (Å²) in [6, 6.07) is 26.5. The minimum Gasteiger partial charge on any atom is -0.483 e. The first-order valence-electron chi connectivity index (χ1n) is 12.7. The number of para-hydroxylation sites is 1. The lowest BCUT2D eigenvalue weighted by Gasteiger charge is -2.28. The number of aromatic nitrogens is 3. The van der Waals surface area contributed by atoms with Gasteiger partial charge in [-0.1, -0.05) is 80.2 Å². The smallest absolute Gasteiger partial charge is 0.233 e. The van der Waals surface area contributed by atoms with E-state index in [-0.39, 0.29) is 12.0 Å². The Morgan fingerprint density at radius 3 is 2.35 bits per heavy atom. The molecule has 1 aromatic heterocycles. The predicted molar refractivity (Wildman–Crippen MR) is 147 cm³/mol. The van der Waals surface area contributed by atoms with E-state index < -0.39 is 0 Å². The topological polar surface area (TPSA) is 60.3 Å². The van der Waals surface area contributed by atoms with Crippen LogP contribution in [0.2, 0.25) is 0 Å². The maximum atomic E-state index is 13.1. The SMILES string of the molecule is CC(C)c1ccc(OC(C)c2nnc(SCC(=O)N3CCc4ccccc4C3)n2-c2ccccc2)cc1. The molecule has 1 atom stereocenters. The van der Waals surface area contributed by atoms with Crippen LogP contribution in [0.25, 0.3) is 5.69 Å². The van der Waals surface area contributed by atoms with Gasteiger partial charge < -0.3 is 9.64 Å². The second-order valence-electron chi connectivity index (χ2n) is 9.62. The van der Waals surface area contributed by atoms with Crippen molar-refractivity contribution >= 4 is 17.7 Å². The molecule has 0 radical (unpaired) electrons. The van der Waals surface area contributed by atoms with Crippen LogP contribution in [0.15, 0.2) is 84.0 Å². The van der Waals surface area contributed by atoms with E-state index in [9.17, 15) is 4.79 Å². The molecule has 0 saturated carbocycles. The Hall–Kier alpha value is -3.58. The number of fused-ring (bicyclic) bond motifs is 1. The molecule has 0 bridgehead atoms. The van der Waals surface area contributed by atoms with Gasteiger partial charge in [0, 0.05) is 18.8 Å². The summed E-state index contributed by atoms with van der Waals surface area (Å²) in [7, 11) is 0. The van der Waals surface area contributed by atoms with E-state index in [1.807, 2.05) is 64.9 Å². The van der Waals surface area contributed by atoms with Crippen molar-refractivity contribution in [3.05, 3.63) is 101 Å². The molecule has 0 spiro atoms. The number of nitrogens with zero attached hydrogens (tertiary/aromatic N) is 4. The predicted octanol–water partition coefficient (Wildman–Crippen LogP) is 6.21. The van der Waals surface area contributed by atoms with Crippen molar-refractivity contribution in [3.63, 3.8) is 0 Å². The summed E-state index contributed by atoms with van der Waals surface area (Å²) in [5.41, 5.74) is 4.78. The molecule has 1 aliphatic rings. The largest absolute Gasteiger partial charge is 0.483 e. The summed E-state index contributed by atoms with van der Waals surface area (Å²) in [6.07, 6.45) is 0.561. The molecule has 0 aliphatic carbocycles. The number of ether oxygens (including phenoxy) is 1. The zero-order valence-corrected chi connectivity index (χ0v) is 22.3. The quantitative estimate of drug-likeness (QED) is 0.263. The first-order valence-corrected chi connectivity index (χ1v) is 13.7. The Morgan fingerprint density at radius 1 is 0.919 bits per heavy atom. The lowest BCUT2D eigenvalue weighted by atomic mass is 10.00. The van der Waals surface area contributed by atoms with Gasteiger partial charge in [-0.05, 0) is 60.2 Å². The first kappa shape index (κ1) is 25.1. The van der Waals surface area contributed by atoms with Crippen LogP contribution in [0.1, 0.15) is 55.3 Å². The normalized spacial score (nSPS) is 13.9. The van der Waals surface area contributed by atoms with Gasteiger partial charge in [-0.25, -0.2) is 0 Å². The monoisotopic (exact) mass is 512 g/mol. The van der Waals surface area contributed by atoms with Crippen molar-refractivity contribution in [1.29, 1.82) is 0 Å². The lowest BCUT2D eigenvalue weighted by Crippen LogP contribution is -2.37. The standard InChI is InChI=1S/C30H32N4O2S/c1-21(2)23-13-15-27(16-14-23)36-22(3)29-31-32-30(34(29)26-11-5-4-6-12-26)37-20-28(35)33-18-17-24-9-7-8-10-25(24)19-33/h4-16,21-22H,17-20H2,1-3H3. The van der Waals surface area contributed by atoms with E-state index in [1.54, 1.807) is 0 Å². The molecule has 190 valence electrons. The number of thioether (sulfide) groups is 1. The minimum atomic E-state index is -0.332. The molecule has 1 unspecified atom stereocenters. The van der Waals surface area contributed by atoms with Gasteiger partial charge in [-0.2, -0.15) is 0 Å². The van der Waals surface area contributed by atoms with Gasteiger partial charge in [0.05, 0.1) is 5.75 Å². The van der Waals surface area contributed by atoms with Crippen molar-refractivity contribution in [2.45, 2.75) is 50.9 Å². The van der Waals surface area contributed by atoms with Gasteiger partial charge in [0.2, 0.25) is 5.91 Å². The van der Waals surface area contributed by atoms with E-state index in [1.165, 1.54) is 28.5 Å². The van der Waals surface area contributed by atoms with Gasteiger partial charge >= 0.3 is 0 Å². The van der Waals surface area contributed by atoms with Crippen LogP contribution in [0.3, 0.4) is 0 Å². The van der Waals surface area contributed by atoms with Crippen molar-refractivity contribution in [2.75, 3.05) is 12.3 Å². The Balaban J connectivity index is 1.33. The summed E-state index contributed by atoms with van der Waals surface area (Å²) >= 11 is 1.42. The second kappa shape index (κ2) is 11.2. The van der Waals surface area contributed by atoms with E-state index in [0.29, 0.717) is 29.2 Å². The molecular weight excluding hydrogens is 480 g/mol. The van der Waals surface area contributed by atoms with E-state index in [0.717, 1.165) is 24.4 Å². The van der Waals surface area contributed by atoms with Gasteiger partial charge in [-0.15, -0.1) is 10.2 Å². The highest BCUT2D eigenvalue weighted by Crippen LogP contribution is 2.29. The van der Waals surface area contributed by atoms with E-state index in [2.05, 4.69) is 54.4 Å². The number of carbonyl (C=O) groups excluding carboxylic acids is 1. The highest BCUT2D eigenvalue weighted by atomic mass is 32.2. The Labute approximate surface area is 222 Å². The summed E-state index contributed by atoms with van der Waals surface area (Å²) < 4.78 is 8.25. The molecule has 0 saturated heterocycles. The van der Waals surface area contributed by atoms with Gasteiger partial charge in [0.1, 0.15) is 5.75 Å². The average molecular weight is 513 g/mol. The number of hydrogen-bond acceptors (Lipinski definition) is 5. The van der Waals surface area contributed by atoms with Crippen LogP contribution in [0.5, 0.6) is 5.75 Å². The number of benzene rings is 3. The summed E-state index contributed by atoms with van der Waals surface area (Å²) in [5, 5.41) is 9.65. The fraction of sp³-hybridized carbons (Fsp3) is 0.300. The second-order valence-corrected chi connectivity index (χ2v) is 10.6. The molecular formula is C30H32N4O2S. The minimum absolute atomic E-state index is 0.109. The van der Waals surface area contributed by atoms with E-state index in [4.69, 9.17) is 4.74 Å². The van der Waals surface area contributed by atoms with Gasteiger partial charge in [0.15, 0.2) is 17.1 Å². The molecule has 1 aliphatic heterocycles. The molecule has 6 nitrogen and oxygen atoms in total. The maximum Gasteiger partial charge on any atom is 0.233 e. The van der Waals surface area contributed by atoms with Crippen molar-refractivity contribution in [1.82, 2.24) is 19.7 Å². The molecule has 0 N–H and O–H groups in total. The first-order chi connectivity index (χ1) is 18.0. The summed E-state index contributed by atoms with van der Waals surface area (Å²) in [5.74, 6) is 2.36. The van der Waals surface area contributed by atoms with Crippen LogP contribution in [0, 0.1) is 0 Å². The Bertz CT molecular complexity index is 1350. The van der Waals surface area contributed by atoms with E-state index >= 15 is 0 Å². The third-order valence-corrected chi connectivity index (χ3v) is 7.62. The van der Waals surface area contributed by atoms with Gasteiger partial charge in [-0.3, -0.25) is 9.36 Å². The molecule has 5 rings (SSSR count). The average Bonchev–Trinajstić information content (AvgIpc) is 3.36. The Kier molecular flexibility index (Phi) is 7.60. The van der Waals surface area contributed by atoms with Crippen LogP contribution in [0.4, 0.5) is 0 Å². The number of hydrogen-bond donors (Lipinski definition) is 0. The molecule has 0 fully saturated rings. The summed E-state index contributed by atoms with van der Waals surface area (Å²) in [4.78, 5) is 15.0. The Morgan fingerprint density at radius 2 is 1.62 bits per heavy atom. The zero-order valence-electron chi connectivity index (χ0n) is 21.5. The fourth-order valence-electron chi connectivity index (χ4n) is 4.57. The summed E-state index contributed by atoms with van der Waals surface area (Å²) in [6.45, 7) is 7.73. The third-order valence-electron chi connectivity index (χ3n) is 6.70. The molecule has 1 amide bonds. The fourth-order valence-corrected chi connectivity index (χ4v) is 5.43. The molecule has 7 heteroatoms. The van der Waals surface area contributed by atoms with Crippen LogP contribution < -0.4 is 4.74 Å².